The number of benzene rings is 1. The summed E-state index contributed by atoms with van der Waals surface area (Å²) >= 11 is 1.37. The van der Waals surface area contributed by atoms with E-state index >= 15 is 0 Å². The molecule has 0 saturated heterocycles. The SMILES string of the molecule is C[C@@H](NC(=O)CSc1nnc(-c2ccncc2)n1C)c1ccccc1. The van der Waals surface area contributed by atoms with Crippen LogP contribution < -0.4 is 5.32 Å². The number of aromatic nitrogens is 4. The topological polar surface area (TPSA) is 72.7 Å². The van der Waals surface area contributed by atoms with Gasteiger partial charge in [-0.1, -0.05) is 42.1 Å². The van der Waals surface area contributed by atoms with Crippen LogP contribution in [-0.2, 0) is 11.8 Å². The van der Waals surface area contributed by atoms with Gasteiger partial charge in [-0.15, -0.1) is 10.2 Å². The van der Waals surface area contributed by atoms with E-state index in [1.807, 2.05) is 61.0 Å². The molecule has 128 valence electrons. The molecule has 0 bridgehead atoms. The molecule has 3 rings (SSSR count). The predicted molar refractivity (Wildman–Crippen MR) is 98.0 cm³/mol. The smallest absolute Gasteiger partial charge is 0.230 e. The largest absolute Gasteiger partial charge is 0.349 e. The van der Waals surface area contributed by atoms with Gasteiger partial charge in [-0.3, -0.25) is 9.78 Å². The Bertz CT molecular complexity index is 835. The fraction of sp³-hybridized carbons (Fsp3) is 0.222. The van der Waals surface area contributed by atoms with Gasteiger partial charge in [-0.05, 0) is 24.6 Å². The van der Waals surface area contributed by atoms with E-state index in [4.69, 9.17) is 0 Å². The van der Waals surface area contributed by atoms with Crippen molar-refractivity contribution in [2.45, 2.75) is 18.1 Å². The number of hydrogen-bond acceptors (Lipinski definition) is 5. The first-order valence-corrected chi connectivity index (χ1v) is 8.90. The van der Waals surface area contributed by atoms with Crippen molar-refractivity contribution in [1.82, 2.24) is 25.1 Å². The number of thioether (sulfide) groups is 1. The minimum absolute atomic E-state index is 0.0267. The van der Waals surface area contributed by atoms with Gasteiger partial charge in [0.15, 0.2) is 11.0 Å². The second-order valence-electron chi connectivity index (χ2n) is 5.59. The molecule has 3 aromatic rings. The highest BCUT2D eigenvalue weighted by Gasteiger charge is 2.14. The molecule has 0 aliphatic rings. The summed E-state index contributed by atoms with van der Waals surface area (Å²) in [6.07, 6.45) is 3.44. The van der Waals surface area contributed by atoms with Crippen molar-refractivity contribution < 1.29 is 4.79 Å². The van der Waals surface area contributed by atoms with E-state index in [-0.39, 0.29) is 11.9 Å². The second-order valence-corrected chi connectivity index (χ2v) is 6.53. The lowest BCUT2D eigenvalue weighted by Crippen LogP contribution is -2.28. The summed E-state index contributed by atoms with van der Waals surface area (Å²) in [4.78, 5) is 16.2. The van der Waals surface area contributed by atoms with Gasteiger partial charge in [0.05, 0.1) is 11.8 Å². The quantitative estimate of drug-likeness (QED) is 0.690. The maximum Gasteiger partial charge on any atom is 0.230 e. The molecular weight excluding hydrogens is 334 g/mol. The van der Waals surface area contributed by atoms with Crippen molar-refractivity contribution in [1.29, 1.82) is 0 Å². The average molecular weight is 353 g/mol. The van der Waals surface area contributed by atoms with E-state index in [2.05, 4.69) is 20.5 Å². The molecule has 0 fully saturated rings. The minimum Gasteiger partial charge on any atom is -0.349 e. The van der Waals surface area contributed by atoms with E-state index in [1.165, 1.54) is 11.8 Å². The van der Waals surface area contributed by atoms with E-state index in [0.717, 1.165) is 17.0 Å². The molecule has 6 nitrogen and oxygen atoms in total. The van der Waals surface area contributed by atoms with Gasteiger partial charge < -0.3 is 9.88 Å². The molecule has 1 N–H and O–H groups in total. The van der Waals surface area contributed by atoms with Crippen LogP contribution in [0.25, 0.3) is 11.4 Å². The molecule has 2 heterocycles. The van der Waals surface area contributed by atoms with Crippen molar-refractivity contribution in [2.75, 3.05) is 5.75 Å². The number of carbonyl (C=O) groups is 1. The summed E-state index contributed by atoms with van der Waals surface area (Å²) in [7, 11) is 1.89. The third kappa shape index (κ3) is 4.24. The molecule has 7 heteroatoms. The Kier molecular flexibility index (Phi) is 5.45. The second kappa shape index (κ2) is 7.94. The lowest BCUT2D eigenvalue weighted by molar-refractivity contribution is -0.119. The summed E-state index contributed by atoms with van der Waals surface area (Å²) in [6, 6.07) is 13.6. The lowest BCUT2D eigenvalue weighted by Gasteiger charge is -2.13. The van der Waals surface area contributed by atoms with Crippen molar-refractivity contribution in [3.63, 3.8) is 0 Å². The first kappa shape index (κ1) is 17.2. The number of nitrogens with zero attached hydrogens (tertiary/aromatic N) is 4. The van der Waals surface area contributed by atoms with Gasteiger partial charge in [0.2, 0.25) is 5.91 Å². The Labute approximate surface area is 150 Å². The maximum atomic E-state index is 12.2. The van der Waals surface area contributed by atoms with Crippen LogP contribution >= 0.6 is 11.8 Å². The van der Waals surface area contributed by atoms with E-state index < -0.39 is 0 Å². The lowest BCUT2D eigenvalue weighted by atomic mass is 10.1. The summed E-state index contributed by atoms with van der Waals surface area (Å²) in [5, 5.41) is 12.1. The highest BCUT2D eigenvalue weighted by atomic mass is 32.2. The molecule has 0 spiro atoms. The molecule has 1 aromatic carbocycles. The highest BCUT2D eigenvalue weighted by Crippen LogP contribution is 2.22. The van der Waals surface area contributed by atoms with Crippen LogP contribution in [0.15, 0.2) is 60.0 Å². The van der Waals surface area contributed by atoms with Gasteiger partial charge in [-0.2, -0.15) is 0 Å². The number of amides is 1. The Morgan fingerprint density at radius 2 is 1.88 bits per heavy atom. The van der Waals surface area contributed by atoms with E-state index in [0.29, 0.717) is 10.9 Å². The third-order valence-corrected chi connectivity index (χ3v) is 4.80. The number of hydrogen-bond donors (Lipinski definition) is 1. The number of rotatable bonds is 6. The summed E-state index contributed by atoms with van der Waals surface area (Å²) in [5.41, 5.74) is 2.03. The number of pyridine rings is 1. The van der Waals surface area contributed by atoms with Crippen LogP contribution in [0, 0.1) is 0 Å². The fourth-order valence-electron chi connectivity index (χ4n) is 2.43. The van der Waals surface area contributed by atoms with Crippen LogP contribution in [0.1, 0.15) is 18.5 Å². The molecule has 0 aliphatic heterocycles. The Morgan fingerprint density at radius 1 is 1.16 bits per heavy atom. The Balaban J connectivity index is 1.59. The molecule has 1 atom stereocenters. The fourth-order valence-corrected chi connectivity index (χ4v) is 3.15. The summed E-state index contributed by atoms with van der Waals surface area (Å²) in [5.74, 6) is 1.01. The van der Waals surface area contributed by atoms with Gasteiger partial charge in [0, 0.05) is 25.0 Å². The van der Waals surface area contributed by atoms with Crippen LogP contribution in [-0.4, -0.2) is 31.4 Å². The Hall–Kier alpha value is -2.67. The molecule has 2 aromatic heterocycles. The minimum atomic E-state index is -0.0326. The van der Waals surface area contributed by atoms with Crippen LogP contribution in [0.2, 0.25) is 0 Å². The molecule has 0 radical (unpaired) electrons. The predicted octanol–water partition coefficient (Wildman–Crippen LogP) is 2.85. The Morgan fingerprint density at radius 3 is 2.60 bits per heavy atom. The van der Waals surface area contributed by atoms with Gasteiger partial charge in [0.25, 0.3) is 0 Å². The first-order chi connectivity index (χ1) is 12.1. The molecule has 25 heavy (non-hydrogen) atoms. The molecule has 0 unspecified atom stereocenters. The van der Waals surface area contributed by atoms with Crippen molar-refractivity contribution >= 4 is 17.7 Å². The van der Waals surface area contributed by atoms with Crippen molar-refractivity contribution in [2.24, 2.45) is 7.05 Å². The van der Waals surface area contributed by atoms with Crippen LogP contribution in [0.5, 0.6) is 0 Å². The first-order valence-electron chi connectivity index (χ1n) is 7.92. The summed E-state index contributed by atoms with van der Waals surface area (Å²) in [6.45, 7) is 1.97. The monoisotopic (exact) mass is 353 g/mol. The van der Waals surface area contributed by atoms with Gasteiger partial charge >= 0.3 is 0 Å². The summed E-state index contributed by atoms with van der Waals surface area (Å²) < 4.78 is 1.88. The van der Waals surface area contributed by atoms with E-state index in [1.54, 1.807) is 12.4 Å². The average Bonchev–Trinajstić information content (AvgIpc) is 3.02. The maximum absolute atomic E-state index is 12.2. The highest BCUT2D eigenvalue weighted by molar-refractivity contribution is 7.99. The zero-order valence-corrected chi connectivity index (χ0v) is 14.9. The number of carbonyl (C=O) groups excluding carboxylic acids is 1. The van der Waals surface area contributed by atoms with Crippen LogP contribution in [0.3, 0.4) is 0 Å². The van der Waals surface area contributed by atoms with Crippen molar-refractivity contribution in [3.05, 3.63) is 60.4 Å². The van der Waals surface area contributed by atoms with Crippen molar-refractivity contribution in [3.8, 4) is 11.4 Å². The normalized spacial score (nSPS) is 11.9. The van der Waals surface area contributed by atoms with Gasteiger partial charge in [0.1, 0.15) is 0 Å². The number of nitrogens with one attached hydrogen (secondary N) is 1. The van der Waals surface area contributed by atoms with Crippen LogP contribution in [0.4, 0.5) is 0 Å². The zero-order valence-electron chi connectivity index (χ0n) is 14.1. The standard InChI is InChI=1S/C18H19N5OS/c1-13(14-6-4-3-5-7-14)20-16(24)12-25-18-22-21-17(23(18)2)15-8-10-19-11-9-15/h3-11,13H,12H2,1-2H3,(H,20,24)/t13-/m1/s1. The van der Waals surface area contributed by atoms with Gasteiger partial charge in [-0.25, -0.2) is 0 Å². The van der Waals surface area contributed by atoms with E-state index in [9.17, 15) is 4.79 Å². The zero-order chi connectivity index (χ0) is 17.6. The molecular formula is C18H19N5OS. The molecule has 0 saturated carbocycles. The third-order valence-electron chi connectivity index (χ3n) is 3.78. The molecule has 0 aliphatic carbocycles. The molecule has 1 amide bonds.